The van der Waals surface area contributed by atoms with Crippen LogP contribution in [0.25, 0.3) is 0 Å². The van der Waals surface area contributed by atoms with Gasteiger partial charge in [-0.3, -0.25) is 0 Å². The highest BCUT2D eigenvalue weighted by atomic mass is 79.9. The summed E-state index contributed by atoms with van der Waals surface area (Å²) in [7, 11) is 0. The van der Waals surface area contributed by atoms with E-state index in [4.69, 9.17) is 0 Å². The maximum absolute atomic E-state index is 13.4. The zero-order valence-electron chi connectivity index (χ0n) is 12.6. The van der Waals surface area contributed by atoms with Gasteiger partial charge in [0.2, 0.25) is 0 Å². The molecule has 0 aromatic heterocycles. The van der Waals surface area contributed by atoms with E-state index in [1.54, 1.807) is 6.07 Å². The fraction of sp³-hybridized carbons (Fsp3) is 0.625. The Hall–Kier alpha value is -0.410. The van der Waals surface area contributed by atoms with Crippen LogP contribution >= 0.6 is 15.9 Å². The summed E-state index contributed by atoms with van der Waals surface area (Å²) in [5.41, 5.74) is 1.18. The van der Waals surface area contributed by atoms with Crippen LogP contribution in [0.3, 0.4) is 0 Å². The van der Waals surface area contributed by atoms with Gasteiger partial charge in [0.1, 0.15) is 5.82 Å². The molecule has 0 fully saturated rings. The van der Waals surface area contributed by atoms with Crippen molar-refractivity contribution in [1.29, 1.82) is 0 Å². The topological polar surface area (TPSA) is 12.0 Å². The summed E-state index contributed by atoms with van der Waals surface area (Å²) in [4.78, 5) is 0. The van der Waals surface area contributed by atoms with Gasteiger partial charge in [-0.25, -0.2) is 4.39 Å². The summed E-state index contributed by atoms with van der Waals surface area (Å²) in [5, 5.41) is 3.55. The molecule has 1 atom stereocenters. The van der Waals surface area contributed by atoms with Crippen molar-refractivity contribution >= 4 is 15.9 Å². The third kappa shape index (κ3) is 6.53. The molecular formula is C16H25BrFN. The molecular weight excluding hydrogens is 305 g/mol. The predicted molar refractivity (Wildman–Crippen MR) is 83.9 cm³/mol. The molecule has 0 spiro atoms. The van der Waals surface area contributed by atoms with E-state index in [-0.39, 0.29) is 11.4 Å². The van der Waals surface area contributed by atoms with Gasteiger partial charge in [-0.2, -0.15) is 0 Å². The van der Waals surface area contributed by atoms with Crippen LogP contribution in [0, 0.1) is 17.7 Å². The lowest BCUT2D eigenvalue weighted by molar-refractivity contribution is 0.312. The van der Waals surface area contributed by atoms with Crippen LogP contribution in [0.5, 0.6) is 0 Å². The Bertz CT molecular complexity index is 389. The van der Waals surface area contributed by atoms with Crippen molar-refractivity contribution in [3.8, 4) is 0 Å². The Labute approximate surface area is 125 Å². The van der Waals surface area contributed by atoms with Crippen LogP contribution in [0.4, 0.5) is 4.39 Å². The van der Waals surface area contributed by atoms with Crippen molar-refractivity contribution in [3.63, 3.8) is 0 Å². The third-order valence-corrected chi connectivity index (χ3v) is 3.72. The van der Waals surface area contributed by atoms with E-state index < -0.39 is 0 Å². The highest BCUT2D eigenvalue weighted by Gasteiger charge is 2.18. The molecule has 0 heterocycles. The van der Waals surface area contributed by atoms with E-state index in [0.717, 1.165) is 23.0 Å². The Morgan fingerprint density at radius 1 is 1.21 bits per heavy atom. The molecule has 0 radical (unpaired) electrons. The number of hydrogen-bond acceptors (Lipinski definition) is 1. The molecule has 3 heteroatoms. The fourth-order valence-corrected chi connectivity index (χ4v) is 2.53. The van der Waals surface area contributed by atoms with E-state index in [9.17, 15) is 4.39 Å². The maximum Gasteiger partial charge on any atom is 0.124 e. The van der Waals surface area contributed by atoms with E-state index in [1.165, 1.54) is 6.07 Å². The zero-order valence-corrected chi connectivity index (χ0v) is 14.1. The minimum Gasteiger partial charge on any atom is -0.312 e. The quantitative estimate of drug-likeness (QED) is 0.818. The van der Waals surface area contributed by atoms with Crippen LogP contribution < -0.4 is 5.32 Å². The smallest absolute Gasteiger partial charge is 0.124 e. The first-order valence-electron chi connectivity index (χ1n) is 6.87. The van der Waals surface area contributed by atoms with E-state index in [2.05, 4.69) is 55.9 Å². The molecule has 1 N–H and O–H groups in total. The molecule has 0 aliphatic heterocycles. The van der Waals surface area contributed by atoms with Gasteiger partial charge in [0.15, 0.2) is 0 Å². The lowest BCUT2D eigenvalue weighted by atomic mass is 9.88. The first kappa shape index (κ1) is 16.6. The molecule has 1 unspecified atom stereocenters. The second kappa shape index (κ2) is 6.85. The molecule has 1 aromatic rings. The van der Waals surface area contributed by atoms with Gasteiger partial charge >= 0.3 is 0 Å². The largest absolute Gasteiger partial charge is 0.312 e. The van der Waals surface area contributed by atoms with Crippen LogP contribution in [0.15, 0.2) is 22.7 Å². The minimum atomic E-state index is -0.171. The Morgan fingerprint density at radius 2 is 1.84 bits per heavy atom. The van der Waals surface area contributed by atoms with Crippen LogP contribution in [0.1, 0.15) is 40.2 Å². The predicted octanol–water partition coefficient (Wildman–Crippen LogP) is 4.79. The normalized spacial score (nSPS) is 13.9. The molecule has 19 heavy (non-hydrogen) atoms. The van der Waals surface area contributed by atoms with Crippen LogP contribution in [0.2, 0.25) is 0 Å². The van der Waals surface area contributed by atoms with Gasteiger partial charge in [-0.15, -0.1) is 0 Å². The van der Waals surface area contributed by atoms with Crippen molar-refractivity contribution in [2.75, 3.05) is 6.54 Å². The van der Waals surface area contributed by atoms with E-state index in [0.29, 0.717) is 11.8 Å². The number of nitrogens with one attached hydrogen (secondary N) is 1. The average Bonchev–Trinajstić information content (AvgIpc) is 2.20. The minimum absolute atomic E-state index is 0.121. The third-order valence-electron chi connectivity index (χ3n) is 3.26. The van der Waals surface area contributed by atoms with E-state index >= 15 is 0 Å². The van der Waals surface area contributed by atoms with Gasteiger partial charge < -0.3 is 5.32 Å². The van der Waals surface area contributed by atoms with Gasteiger partial charge in [0.25, 0.3) is 0 Å². The number of hydrogen-bond donors (Lipinski definition) is 1. The van der Waals surface area contributed by atoms with Crippen molar-refractivity contribution in [3.05, 3.63) is 34.1 Å². The van der Waals surface area contributed by atoms with Crippen molar-refractivity contribution in [2.24, 2.45) is 11.8 Å². The van der Waals surface area contributed by atoms with Crippen molar-refractivity contribution in [1.82, 2.24) is 5.32 Å². The molecule has 1 aromatic carbocycles. The Balaban J connectivity index is 2.72. The van der Waals surface area contributed by atoms with Crippen LogP contribution in [-0.4, -0.2) is 12.1 Å². The van der Waals surface area contributed by atoms with Crippen LogP contribution in [-0.2, 0) is 6.42 Å². The summed E-state index contributed by atoms with van der Waals surface area (Å²) in [6.45, 7) is 11.9. The SMILES string of the molecule is CC(C)C(CNC(C)(C)C)Cc1cc(F)cc(Br)c1. The highest BCUT2D eigenvalue weighted by Crippen LogP contribution is 2.21. The van der Waals surface area contributed by atoms with Gasteiger partial charge in [-0.1, -0.05) is 29.8 Å². The summed E-state index contributed by atoms with van der Waals surface area (Å²) in [5.74, 6) is 0.903. The molecule has 0 bridgehead atoms. The Kier molecular flexibility index (Phi) is 6.00. The maximum atomic E-state index is 13.4. The first-order chi connectivity index (χ1) is 8.67. The zero-order chi connectivity index (χ0) is 14.6. The molecule has 0 saturated carbocycles. The monoisotopic (exact) mass is 329 g/mol. The van der Waals surface area contributed by atoms with E-state index in [1.807, 2.05) is 6.07 Å². The molecule has 0 aliphatic carbocycles. The molecule has 0 amide bonds. The molecule has 1 nitrogen and oxygen atoms in total. The molecule has 0 aliphatic rings. The molecule has 1 rings (SSSR count). The molecule has 108 valence electrons. The summed E-state index contributed by atoms with van der Waals surface area (Å²) < 4.78 is 14.2. The van der Waals surface area contributed by atoms with Gasteiger partial charge in [0, 0.05) is 10.0 Å². The van der Waals surface area contributed by atoms with Gasteiger partial charge in [-0.05, 0) is 69.3 Å². The van der Waals surface area contributed by atoms with Gasteiger partial charge in [0.05, 0.1) is 0 Å². The van der Waals surface area contributed by atoms with Crippen molar-refractivity contribution < 1.29 is 4.39 Å². The second-order valence-corrected chi connectivity index (χ2v) is 7.53. The fourth-order valence-electron chi connectivity index (χ4n) is 2.01. The number of benzene rings is 1. The number of rotatable bonds is 5. The number of halogens is 2. The first-order valence-corrected chi connectivity index (χ1v) is 7.66. The lowest BCUT2D eigenvalue weighted by Crippen LogP contribution is -2.40. The average molecular weight is 330 g/mol. The standard InChI is InChI=1S/C16H25BrFN/c1-11(2)13(10-19-16(3,4)5)6-12-7-14(17)9-15(18)8-12/h7-9,11,13,19H,6,10H2,1-5H3. The Morgan fingerprint density at radius 3 is 2.32 bits per heavy atom. The summed E-state index contributed by atoms with van der Waals surface area (Å²) in [6.07, 6.45) is 0.900. The lowest BCUT2D eigenvalue weighted by Gasteiger charge is -2.27. The summed E-state index contributed by atoms with van der Waals surface area (Å²) in [6, 6.07) is 5.15. The summed E-state index contributed by atoms with van der Waals surface area (Å²) >= 11 is 3.36. The molecule has 0 saturated heterocycles. The second-order valence-electron chi connectivity index (χ2n) is 6.62. The highest BCUT2D eigenvalue weighted by molar-refractivity contribution is 9.10. The van der Waals surface area contributed by atoms with Crippen molar-refractivity contribution in [2.45, 2.75) is 46.6 Å².